The van der Waals surface area contributed by atoms with Gasteiger partial charge >= 0.3 is 0 Å². The van der Waals surface area contributed by atoms with Gasteiger partial charge in [0.15, 0.2) is 5.65 Å². The van der Waals surface area contributed by atoms with Gasteiger partial charge in [0, 0.05) is 36.3 Å². The molecule has 0 unspecified atom stereocenters. The Labute approximate surface area is 170 Å². The zero-order valence-corrected chi connectivity index (χ0v) is 16.5. The van der Waals surface area contributed by atoms with Crippen molar-refractivity contribution in [3.05, 3.63) is 65.7 Å². The lowest BCUT2D eigenvalue weighted by Crippen LogP contribution is -2.02. The number of ether oxygens (including phenoxy) is 1. The third-order valence-corrected chi connectivity index (χ3v) is 5.06. The molecule has 5 aromatic heterocycles. The van der Waals surface area contributed by atoms with Crippen LogP contribution in [-0.2, 0) is 6.54 Å². The molecule has 0 aliphatic rings. The number of hydrogen-bond acceptors (Lipinski definition) is 6. The number of rotatable bonds is 4. The predicted molar refractivity (Wildman–Crippen MR) is 109 cm³/mol. The number of nitrogens with zero attached hydrogens (tertiary/aromatic N) is 7. The van der Waals surface area contributed by atoms with Crippen molar-refractivity contribution in [1.82, 2.24) is 34.1 Å². The lowest BCUT2D eigenvalue weighted by Gasteiger charge is -2.08. The van der Waals surface area contributed by atoms with E-state index in [1.165, 1.54) is 6.33 Å². The van der Waals surface area contributed by atoms with Crippen LogP contribution in [0.15, 0.2) is 49.2 Å². The molecule has 0 atom stereocenters. The van der Waals surface area contributed by atoms with E-state index in [1.807, 2.05) is 37.5 Å². The maximum atomic E-state index is 6.05. The molecule has 5 heterocycles. The van der Waals surface area contributed by atoms with E-state index in [-0.39, 0.29) is 0 Å². The van der Waals surface area contributed by atoms with Crippen LogP contribution in [0.5, 0.6) is 5.88 Å². The van der Waals surface area contributed by atoms with Crippen molar-refractivity contribution in [3.63, 3.8) is 0 Å². The maximum absolute atomic E-state index is 6.05. The molecule has 0 aliphatic heterocycles. The Morgan fingerprint density at radius 3 is 2.86 bits per heavy atom. The van der Waals surface area contributed by atoms with Crippen molar-refractivity contribution in [3.8, 4) is 17.0 Å². The van der Waals surface area contributed by atoms with Gasteiger partial charge in [0.2, 0.25) is 5.88 Å². The SMILES string of the molecule is COc1ncnn2ccc(-c3cnc4nc(C)n(Cc5ccnc(Cl)c5)c4c3)c12. The number of aryl methyl sites for hydroxylation is 1. The Morgan fingerprint density at radius 1 is 1.14 bits per heavy atom. The molecule has 0 aliphatic carbocycles. The Kier molecular flexibility index (Phi) is 4.13. The monoisotopic (exact) mass is 405 g/mol. The van der Waals surface area contributed by atoms with Crippen molar-refractivity contribution in [2.45, 2.75) is 13.5 Å². The zero-order valence-electron chi connectivity index (χ0n) is 15.7. The van der Waals surface area contributed by atoms with Crippen LogP contribution in [0.25, 0.3) is 27.8 Å². The van der Waals surface area contributed by atoms with Gasteiger partial charge in [0.1, 0.15) is 22.8 Å². The normalized spacial score (nSPS) is 11.4. The highest BCUT2D eigenvalue weighted by atomic mass is 35.5. The molecule has 29 heavy (non-hydrogen) atoms. The van der Waals surface area contributed by atoms with Crippen molar-refractivity contribution >= 4 is 28.3 Å². The Morgan fingerprint density at radius 2 is 2.03 bits per heavy atom. The van der Waals surface area contributed by atoms with Gasteiger partial charge in [-0.05, 0) is 36.8 Å². The Balaban J connectivity index is 1.66. The van der Waals surface area contributed by atoms with Crippen molar-refractivity contribution in [2.75, 3.05) is 7.11 Å². The second-order valence-electron chi connectivity index (χ2n) is 6.59. The average Bonchev–Trinajstić information content (AvgIpc) is 3.29. The van der Waals surface area contributed by atoms with Crippen LogP contribution in [0.3, 0.4) is 0 Å². The van der Waals surface area contributed by atoms with E-state index in [0.717, 1.165) is 33.5 Å². The molecule has 0 saturated carbocycles. The third-order valence-electron chi connectivity index (χ3n) is 4.85. The second-order valence-corrected chi connectivity index (χ2v) is 6.98. The summed E-state index contributed by atoms with van der Waals surface area (Å²) in [5.74, 6) is 1.39. The van der Waals surface area contributed by atoms with Gasteiger partial charge in [-0.1, -0.05) is 11.6 Å². The third kappa shape index (κ3) is 2.98. The second kappa shape index (κ2) is 6.82. The summed E-state index contributed by atoms with van der Waals surface area (Å²) in [7, 11) is 1.60. The number of aromatic nitrogens is 7. The number of methoxy groups -OCH3 is 1. The molecule has 144 valence electrons. The largest absolute Gasteiger partial charge is 0.479 e. The van der Waals surface area contributed by atoms with Crippen LogP contribution in [0.2, 0.25) is 5.15 Å². The summed E-state index contributed by atoms with van der Waals surface area (Å²) in [6, 6.07) is 7.85. The molecule has 0 fully saturated rings. The van der Waals surface area contributed by atoms with Gasteiger partial charge in [-0.3, -0.25) is 0 Å². The summed E-state index contributed by atoms with van der Waals surface area (Å²) in [6.45, 7) is 2.59. The fourth-order valence-electron chi connectivity index (χ4n) is 3.50. The summed E-state index contributed by atoms with van der Waals surface area (Å²) in [4.78, 5) is 17.4. The van der Waals surface area contributed by atoms with Crippen LogP contribution < -0.4 is 4.74 Å². The van der Waals surface area contributed by atoms with E-state index in [2.05, 4.69) is 35.7 Å². The number of fused-ring (bicyclic) bond motifs is 2. The molecule has 0 spiro atoms. The number of imidazole rings is 1. The van der Waals surface area contributed by atoms with Crippen LogP contribution >= 0.6 is 11.6 Å². The molecule has 0 radical (unpaired) electrons. The molecule has 9 heteroatoms. The first kappa shape index (κ1) is 17.6. The molecule has 0 amide bonds. The molecule has 0 saturated heterocycles. The fraction of sp³-hybridized carbons (Fsp3) is 0.150. The van der Waals surface area contributed by atoms with Crippen LogP contribution in [0, 0.1) is 6.92 Å². The van der Waals surface area contributed by atoms with Gasteiger partial charge in [-0.15, -0.1) is 0 Å². The van der Waals surface area contributed by atoms with E-state index < -0.39 is 0 Å². The predicted octanol–water partition coefficient (Wildman–Crippen LogP) is 3.55. The maximum Gasteiger partial charge on any atom is 0.241 e. The lowest BCUT2D eigenvalue weighted by molar-refractivity contribution is 0.399. The molecular weight excluding hydrogens is 390 g/mol. The van der Waals surface area contributed by atoms with Crippen molar-refractivity contribution in [2.24, 2.45) is 0 Å². The molecule has 0 aromatic carbocycles. The van der Waals surface area contributed by atoms with Crippen LogP contribution in [0.4, 0.5) is 0 Å². The van der Waals surface area contributed by atoms with Gasteiger partial charge < -0.3 is 9.30 Å². The summed E-state index contributed by atoms with van der Waals surface area (Å²) < 4.78 is 9.28. The van der Waals surface area contributed by atoms with Gasteiger partial charge in [-0.2, -0.15) is 10.1 Å². The molecule has 5 aromatic rings. The summed E-state index contributed by atoms with van der Waals surface area (Å²) >= 11 is 6.05. The number of pyridine rings is 2. The molecule has 0 N–H and O–H groups in total. The first-order valence-electron chi connectivity index (χ1n) is 8.94. The lowest BCUT2D eigenvalue weighted by atomic mass is 10.1. The van der Waals surface area contributed by atoms with E-state index in [9.17, 15) is 0 Å². The fourth-order valence-corrected chi connectivity index (χ4v) is 3.69. The topological polar surface area (TPSA) is 83.0 Å². The van der Waals surface area contributed by atoms with Crippen LogP contribution in [-0.4, -0.2) is 41.2 Å². The average molecular weight is 406 g/mol. The highest BCUT2D eigenvalue weighted by molar-refractivity contribution is 6.29. The Bertz CT molecular complexity index is 1360. The minimum absolute atomic E-state index is 0.468. The first-order valence-corrected chi connectivity index (χ1v) is 9.32. The van der Waals surface area contributed by atoms with Crippen LogP contribution in [0.1, 0.15) is 11.4 Å². The number of hydrogen-bond donors (Lipinski definition) is 0. The summed E-state index contributed by atoms with van der Waals surface area (Å²) in [5.41, 5.74) is 5.33. The Hall–Kier alpha value is -3.52. The van der Waals surface area contributed by atoms with Gasteiger partial charge in [-0.25, -0.2) is 19.5 Å². The van der Waals surface area contributed by atoms with E-state index in [1.54, 1.807) is 17.8 Å². The highest BCUT2D eigenvalue weighted by Gasteiger charge is 2.16. The van der Waals surface area contributed by atoms with E-state index in [4.69, 9.17) is 16.3 Å². The highest BCUT2D eigenvalue weighted by Crippen LogP contribution is 2.31. The van der Waals surface area contributed by atoms with Gasteiger partial charge in [0.25, 0.3) is 0 Å². The standard InChI is InChI=1S/C20H16ClN7O/c1-12-26-19-16(27(12)10-13-3-5-22-17(21)7-13)8-14(9-23-19)15-4-6-28-18(15)20(29-2)24-11-25-28/h3-9,11H,10H2,1-2H3. The van der Waals surface area contributed by atoms with Crippen molar-refractivity contribution < 1.29 is 4.74 Å². The summed E-state index contributed by atoms with van der Waals surface area (Å²) in [5, 5.41) is 4.72. The minimum atomic E-state index is 0.468. The quantitative estimate of drug-likeness (QED) is 0.425. The number of halogens is 1. The summed E-state index contributed by atoms with van der Waals surface area (Å²) in [6.07, 6.45) is 6.86. The van der Waals surface area contributed by atoms with E-state index in [0.29, 0.717) is 23.2 Å². The van der Waals surface area contributed by atoms with Gasteiger partial charge in [0.05, 0.1) is 12.6 Å². The minimum Gasteiger partial charge on any atom is -0.479 e. The van der Waals surface area contributed by atoms with E-state index >= 15 is 0 Å². The molecule has 0 bridgehead atoms. The van der Waals surface area contributed by atoms with Crippen molar-refractivity contribution in [1.29, 1.82) is 0 Å². The molecule has 8 nitrogen and oxygen atoms in total. The zero-order chi connectivity index (χ0) is 20.0. The molecule has 5 rings (SSSR count). The smallest absolute Gasteiger partial charge is 0.241 e. The first-order chi connectivity index (χ1) is 14.1. The molecular formula is C20H16ClN7O.